The molecule has 0 fully saturated rings. The van der Waals surface area contributed by atoms with E-state index in [2.05, 4.69) is 97.5 Å². The van der Waals surface area contributed by atoms with Crippen molar-refractivity contribution in [3.63, 3.8) is 0 Å². The van der Waals surface area contributed by atoms with E-state index in [-0.39, 0.29) is 11.3 Å². The van der Waals surface area contributed by atoms with Crippen LogP contribution in [0.4, 0.5) is 0 Å². The first-order valence-corrected chi connectivity index (χ1v) is 9.09. The molecule has 6 rings (SSSR count). The zero-order valence-electron chi connectivity index (χ0n) is 14.2. The van der Waals surface area contributed by atoms with Crippen molar-refractivity contribution in [1.29, 1.82) is 0 Å². The summed E-state index contributed by atoms with van der Waals surface area (Å²) in [4.78, 5) is 0. The van der Waals surface area contributed by atoms with E-state index in [0.717, 1.165) is 0 Å². The predicted octanol–water partition coefficient (Wildman–Crippen LogP) is 4.94. The molecule has 3 aromatic rings. The van der Waals surface area contributed by atoms with Gasteiger partial charge in [0.2, 0.25) is 0 Å². The Morgan fingerprint density at radius 2 is 1.50 bits per heavy atom. The van der Waals surface area contributed by atoms with Gasteiger partial charge in [0.15, 0.2) is 0 Å². The number of benzene rings is 2. The van der Waals surface area contributed by atoms with E-state index >= 15 is 0 Å². The fourth-order valence-corrected chi connectivity index (χ4v) is 5.17. The third-order valence-corrected chi connectivity index (χ3v) is 6.06. The third kappa shape index (κ3) is 1.51. The number of fused-ring (bicyclic) bond motifs is 10. The van der Waals surface area contributed by atoms with Crippen LogP contribution in [0, 0.1) is 11.8 Å². The molecule has 0 saturated heterocycles. The molecule has 0 aliphatic heterocycles. The van der Waals surface area contributed by atoms with Gasteiger partial charge in [0.05, 0.1) is 0 Å². The Morgan fingerprint density at radius 3 is 2.27 bits per heavy atom. The van der Waals surface area contributed by atoms with Crippen LogP contribution in [0.2, 0.25) is 0 Å². The van der Waals surface area contributed by atoms with E-state index in [9.17, 15) is 0 Å². The van der Waals surface area contributed by atoms with Gasteiger partial charge in [-0.15, -0.1) is 0 Å². The van der Waals surface area contributed by atoms with Crippen LogP contribution in [-0.2, 0) is 5.41 Å². The SMILES string of the molecule is b1cccc2c1C1C#CC=CC=C1C21c2ccccc2-c2ccccc21. The molecule has 1 heteroatoms. The average molecular weight is 326 g/mol. The van der Waals surface area contributed by atoms with Gasteiger partial charge >= 0.3 is 154 Å². The Hall–Kier alpha value is -3.11. The molecule has 0 bridgehead atoms. The van der Waals surface area contributed by atoms with E-state index in [1.165, 1.54) is 38.8 Å². The van der Waals surface area contributed by atoms with Crippen LogP contribution >= 0.6 is 0 Å². The summed E-state index contributed by atoms with van der Waals surface area (Å²) in [7, 11) is 0. The number of hydrogen-bond donors (Lipinski definition) is 0. The van der Waals surface area contributed by atoms with Crippen molar-refractivity contribution in [3.05, 3.63) is 113 Å². The number of rotatable bonds is 0. The Balaban J connectivity index is 1.84. The Bertz CT molecular complexity index is 1150. The van der Waals surface area contributed by atoms with Crippen LogP contribution in [0.1, 0.15) is 28.1 Å². The molecule has 0 amide bonds. The standard InChI is InChI=1S/C25H15B/c1-2-11-19-22(12-3-1)25(23-15-8-16-26-24(19)23)20-13-6-4-9-17(20)18-10-5-7-14-21(18)25/h1,3-10,12-16,19H. The first kappa shape index (κ1) is 14.1. The topological polar surface area (TPSA) is 0 Å². The van der Waals surface area contributed by atoms with Crippen molar-refractivity contribution >= 4 is 6.91 Å². The molecule has 1 aromatic heterocycles. The Kier molecular flexibility index (Phi) is 2.69. The first-order chi connectivity index (χ1) is 12.9. The van der Waals surface area contributed by atoms with Crippen molar-refractivity contribution in [3.8, 4) is 23.0 Å². The summed E-state index contributed by atoms with van der Waals surface area (Å²) < 4.78 is 0. The molecular formula is C25H15B. The molecule has 3 aliphatic carbocycles. The quantitative estimate of drug-likeness (QED) is 0.514. The number of hydrogen-bond acceptors (Lipinski definition) is 0. The maximum atomic E-state index is 3.51. The molecule has 1 spiro atoms. The van der Waals surface area contributed by atoms with Gasteiger partial charge in [-0.1, -0.05) is 0 Å². The third-order valence-electron chi connectivity index (χ3n) is 6.06. The van der Waals surface area contributed by atoms with Crippen molar-refractivity contribution in [2.24, 2.45) is 0 Å². The van der Waals surface area contributed by atoms with Gasteiger partial charge in [-0.2, -0.15) is 0 Å². The monoisotopic (exact) mass is 326 g/mol. The Labute approximate surface area is 154 Å². The summed E-state index contributed by atoms with van der Waals surface area (Å²) in [6, 6.07) is 22.2. The van der Waals surface area contributed by atoms with Crippen molar-refractivity contribution in [1.82, 2.24) is 0 Å². The van der Waals surface area contributed by atoms with Crippen LogP contribution in [0.15, 0.2) is 90.4 Å². The van der Waals surface area contributed by atoms with Gasteiger partial charge in [0, 0.05) is 0 Å². The molecular weight excluding hydrogens is 311 g/mol. The molecule has 0 N–H and O–H groups in total. The van der Waals surface area contributed by atoms with E-state index in [1.807, 2.05) is 6.08 Å². The minimum absolute atomic E-state index is 0.153. The molecule has 0 radical (unpaired) electrons. The van der Waals surface area contributed by atoms with Crippen molar-refractivity contribution in [2.75, 3.05) is 0 Å². The molecule has 0 saturated carbocycles. The second-order valence-electron chi connectivity index (χ2n) is 7.13. The molecule has 3 aliphatic rings. The molecule has 118 valence electrons. The minimum atomic E-state index is -0.224. The van der Waals surface area contributed by atoms with E-state index in [1.54, 1.807) is 0 Å². The number of allylic oxidation sites excluding steroid dienone is 4. The van der Waals surface area contributed by atoms with E-state index in [4.69, 9.17) is 0 Å². The summed E-state index contributed by atoms with van der Waals surface area (Å²) in [6.45, 7) is 2.26. The van der Waals surface area contributed by atoms with Gasteiger partial charge < -0.3 is 0 Å². The van der Waals surface area contributed by atoms with Crippen LogP contribution in [0.25, 0.3) is 11.1 Å². The normalized spacial score (nSPS) is 19.4. The molecule has 0 nitrogen and oxygen atoms in total. The summed E-state index contributed by atoms with van der Waals surface area (Å²) in [5.74, 6) is 9.03. The molecule has 1 atom stereocenters. The molecule has 2 aromatic carbocycles. The average Bonchev–Trinajstić information content (AvgIpc) is 3.00. The van der Waals surface area contributed by atoms with Crippen LogP contribution in [-0.4, -0.2) is 6.91 Å². The van der Waals surface area contributed by atoms with Gasteiger partial charge in [-0.05, 0) is 0 Å². The van der Waals surface area contributed by atoms with Crippen LogP contribution in [0.5, 0.6) is 0 Å². The van der Waals surface area contributed by atoms with Gasteiger partial charge in [-0.3, -0.25) is 0 Å². The van der Waals surface area contributed by atoms with Crippen molar-refractivity contribution in [2.45, 2.75) is 11.3 Å². The first-order valence-electron chi connectivity index (χ1n) is 9.09. The fraction of sp³-hybridized carbons (Fsp3) is 0.0800. The van der Waals surface area contributed by atoms with Crippen molar-refractivity contribution < 1.29 is 0 Å². The second kappa shape index (κ2) is 4.96. The van der Waals surface area contributed by atoms with Gasteiger partial charge in [0.1, 0.15) is 0 Å². The molecule has 1 heterocycles. The summed E-state index contributed by atoms with van der Waals surface area (Å²) >= 11 is 0. The zero-order valence-corrected chi connectivity index (χ0v) is 14.2. The van der Waals surface area contributed by atoms with E-state index in [0.29, 0.717) is 0 Å². The van der Waals surface area contributed by atoms with Gasteiger partial charge in [0.25, 0.3) is 0 Å². The van der Waals surface area contributed by atoms with Gasteiger partial charge in [-0.25, -0.2) is 0 Å². The Morgan fingerprint density at radius 1 is 0.808 bits per heavy atom. The van der Waals surface area contributed by atoms with Crippen LogP contribution in [0.3, 0.4) is 0 Å². The van der Waals surface area contributed by atoms with E-state index < -0.39 is 0 Å². The fourth-order valence-electron chi connectivity index (χ4n) is 5.17. The maximum absolute atomic E-state index is 3.51. The van der Waals surface area contributed by atoms with Crippen LogP contribution < -0.4 is 0 Å². The molecule has 1 unspecified atom stereocenters. The zero-order chi connectivity index (χ0) is 17.1. The molecule has 26 heavy (non-hydrogen) atoms. The second-order valence-corrected chi connectivity index (χ2v) is 7.13. The summed E-state index contributed by atoms with van der Waals surface area (Å²) in [6.07, 6.45) is 6.37. The summed E-state index contributed by atoms with van der Waals surface area (Å²) in [5.41, 5.74) is 9.37. The summed E-state index contributed by atoms with van der Waals surface area (Å²) in [5, 5.41) is 0. The predicted molar refractivity (Wildman–Crippen MR) is 107 cm³/mol.